The molecule has 2 aromatic carbocycles. The topological polar surface area (TPSA) is 54.0 Å². The Kier molecular flexibility index (Phi) is 5.32. The van der Waals surface area contributed by atoms with Gasteiger partial charge in [-0.25, -0.2) is 0 Å². The minimum absolute atomic E-state index is 0.179. The lowest BCUT2D eigenvalue weighted by molar-refractivity contribution is 0.102. The van der Waals surface area contributed by atoms with Crippen molar-refractivity contribution in [3.05, 3.63) is 83.7 Å². The zero-order chi connectivity index (χ0) is 18.5. The van der Waals surface area contributed by atoms with Crippen molar-refractivity contribution in [3.63, 3.8) is 0 Å². The molecule has 0 atom stereocenters. The van der Waals surface area contributed by atoms with Gasteiger partial charge >= 0.3 is 0 Å². The zero-order valence-corrected chi connectivity index (χ0v) is 15.3. The molecule has 0 aliphatic carbocycles. The molecule has 3 rings (SSSR count). The first-order valence-corrected chi connectivity index (χ1v) is 8.72. The van der Waals surface area contributed by atoms with Gasteiger partial charge in [0.1, 0.15) is 0 Å². The third-order valence-electron chi connectivity index (χ3n) is 4.17. The summed E-state index contributed by atoms with van der Waals surface area (Å²) in [5.74, 6) is 0.224. The second kappa shape index (κ2) is 7.83. The van der Waals surface area contributed by atoms with Crippen molar-refractivity contribution in [2.24, 2.45) is 0 Å². The molecule has 0 unspecified atom stereocenters. The SMILES string of the molecule is Cc1ccc(NC(=O)c2cncc(Nc3ccccc3C(C)C)c2)cc1. The molecule has 0 spiro atoms. The van der Waals surface area contributed by atoms with E-state index in [1.54, 1.807) is 12.4 Å². The van der Waals surface area contributed by atoms with E-state index in [0.717, 1.165) is 22.6 Å². The van der Waals surface area contributed by atoms with Crippen LogP contribution in [0.4, 0.5) is 17.1 Å². The van der Waals surface area contributed by atoms with Crippen LogP contribution in [-0.2, 0) is 0 Å². The predicted octanol–water partition coefficient (Wildman–Crippen LogP) is 5.51. The minimum Gasteiger partial charge on any atom is -0.354 e. The van der Waals surface area contributed by atoms with Crippen molar-refractivity contribution in [2.45, 2.75) is 26.7 Å². The van der Waals surface area contributed by atoms with Gasteiger partial charge in [0.05, 0.1) is 17.4 Å². The highest BCUT2D eigenvalue weighted by Crippen LogP contribution is 2.27. The number of para-hydroxylation sites is 1. The average molecular weight is 345 g/mol. The second-order valence-corrected chi connectivity index (χ2v) is 6.65. The molecular weight excluding hydrogens is 322 g/mol. The number of aromatic nitrogens is 1. The number of hydrogen-bond acceptors (Lipinski definition) is 3. The fraction of sp³-hybridized carbons (Fsp3) is 0.182. The normalized spacial score (nSPS) is 10.6. The lowest BCUT2D eigenvalue weighted by Gasteiger charge is -2.15. The molecule has 0 fully saturated rings. The van der Waals surface area contributed by atoms with E-state index in [2.05, 4.69) is 35.5 Å². The molecule has 26 heavy (non-hydrogen) atoms. The van der Waals surface area contributed by atoms with Crippen molar-refractivity contribution in [1.29, 1.82) is 0 Å². The first kappa shape index (κ1) is 17.7. The summed E-state index contributed by atoms with van der Waals surface area (Å²) in [7, 11) is 0. The standard InChI is InChI=1S/C22H23N3O/c1-15(2)20-6-4-5-7-21(20)24-19-12-17(13-23-14-19)22(26)25-18-10-8-16(3)9-11-18/h4-15,24H,1-3H3,(H,25,26). The minimum atomic E-state index is -0.179. The Morgan fingerprint density at radius 1 is 0.962 bits per heavy atom. The van der Waals surface area contributed by atoms with Crippen LogP contribution >= 0.6 is 0 Å². The molecule has 1 heterocycles. The van der Waals surface area contributed by atoms with E-state index in [-0.39, 0.29) is 5.91 Å². The summed E-state index contributed by atoms with van der Waals surface area (Å²) in [6.07, 6.45) is 3.29. The second-order valence-electron chi connectivity index (χ2n) is 6.65. The fourth-order valence-corrected chi connectivity index (χ4v) is 2.74. The first-order chi connectivity index (χ1) is 12.5. The number of aryl methyl sites for hydroxylation is 1. The molecule has 0 saturated heterocycles. The van der Waals surface area contributed by atoms with Crippen molar-refractivity contribution >= 4 is 23.0 Å². The van der Waals surface area contributed by atoms with Crippen LogP contribution in [0.3, 0.4) is 0 Å². The van der Waals surface area contributed by atoms with E-state index < -0.39 is 0 Å². The van der Waals surface area contributed by atoms with Gasteiger partial charge in [-0.15, -0.1) is 0 Å². The molecule has 1 aromatic heterocycles. The van der Waals surface area contributed by atoms with Gasteiger partial charge in [0, 0.05) is 17.6 Å². The summed E-state index contributed by atoms with van der Waals surface area (Å²) in [6.45, 7) is 6.33. The van der Waals surface area contributed by atoms with Crippen LogP contribution in [0.15, 0.2) is 67.0 Å². The highest BCUT2D eigenvalue weighted by Gasteiger charge is 2.10. The number of pyridine rings is 1. The highest BCUT2D eigenvalue weighted by molar-refractivity contribution is 6.04. The van der Waals surface area contributed by atoms with Crippen molar-refractivity contribution in [1.82, 2.24) is 4.98 Å². The van der Waals surface area contributed by atoms with Crippen LogP contribution in [-0.4, -0.2) is 10.9 Å². The molecule has 2 N–H and O–H groups in total. The van der Waals surface area contributed by atoms with Gasteiger partial charge in [0.2, 0.25) is 0 Å². The smallest absolute Gasteiger partial charge is 0.257 e. The average Bonchev–Trinajstić information content (AvgIpc) is 2.64. The molecule has 0 radical (unpaired) electrons. The van der Waals surface area contributed by atoms with Gasteiger partial charge in [0.15, 0.2) is 0 Å². The Bertz CT molecular complexity index is 901. The van der Waals surface area contributed by atoms with E-state index in [0.29, 0.717) is 11.5 Å². The van der Waals surface area contributed by atoms with Gasteiger partial charge in [0.25, 0.3) is 5.91 Å². The maximum Gasteiger partial charge on any atom is 0.257 e. The van der Waals surface area contributed by atoms with Crippen LogP contribution in [0.1, 0.15) is 41.3 Å². The lowest BCUT2D eigenvalue weighted by Crippen LogP contribution is -2.12. The maximum absolute atomic E-state index is 12.5. The molecule has 3 aromatic rings. The van der Waals surface area contributed by atoms with E-state index >= 15 is 0 Å². The van der Waals surface area contributed by atoms with Gasteiger partial charge in [-0.05, 0) is 42.7 Å². The van der Waals surface area contributed by atoms with Gasteiger partial charge in [-0.1, -0.05) is 49.7 Å². The molecule has 4 nitrogen and oxygen atoms in total. The van der Waals surface area contributed by atoms with Gasteiger partial charge in [-0.3, -0.25) is 9.78 Å². The van der Waals surface area contributed by atoms with Crippen LogP contribution in [0, 0.1) is 6.92 Å². The first-order valence-electron chi connectivity index (χ1n) is 8.72. The molecule has 0 aliphatic rings. The molecular formula is C22H23N3O. The quantitative estimate of drug-likeness (QED) is 0.641. The Morgan fingerprint density at radius 3 is 2.42 bits per heavy atom. The monoisotopic (exact) mass is 345 g/mol. The number of benzene rings is 2. The fourth-order valence-electron chi connectivity index (χ4n) is 2.74. The number of nitrogens with zero attached hydrogens (tertiary/aromatic N) is 1. The van der Waals surface area contributed by atoms with Crippen LogP contribution < -0.4 is 10.6 Å². The summed E-state index contributed by atoms with van der Waals surface area (Å²) in [5, 5.41) is 6.28. The maximum atomic E-state index is 12.5. The number of carbonyl (C=O) groups is 1. The molecule has 0 saturated carbocycles. The molecule has 4 heteroatoms. The highest BCUT2D eigenvalue weighted by atomic mass is 16.1. The third kappa shape index (κ3) is 4.28. The summed E-state index contributed by atoms with van der Waals surface area (Å²) < 4.78 is 0. The number of hydrogen-bond donors (Lipinski definition) is 2. The van der Waals surface area contributed by atoms with Crippen LogP contribution in [0.5, 0.6) is 0 Å². The molecule has 0 aliphatic heterocycles. The van der Waals surface area contributed by atoms with E-state index in [1.807, 2.05) is 55.5 Å². The van der Waals surface area contributed by atoms with Crippen LogP contribution in [0.25, 0.3) is 0 Å². The predicted molar refractivity (Wildman–Crippen MR) is 107 cm³/mol. The number of rotatable bonds is 5. The molecule has 1 amide bonds. The van der Waals surface area contributed by atoms with E-state index in [1.165, 1.54) is 5.56 Å². The third-order valence-corrected chi connectivity index (χ3v) is 4.17. The Morgan fingerprint density at radius 2 is 1.69 bits per heavy atom. The lowest BCUT2D eigenvalue weighted by atomic mass is 10.0. The Balaban J connectivity index is 1.78. The van der Waals surface area contributed by atoms with E-state index in [9.17, 15) is 4.79 Å². The summed E-state index contributed by atoms with van der Waals surface area (Å²) >= 11 is 0. The summed E-state index contributed by atoms with van der Waals surface area (Å²) in [6, 6.07) is 17.7. The van der Waals surface area contributed by atoms with Crippen molar-refractivity contribution in [3.8, 4) is 0 Å². The molecule has 0 bridgehead atoms. The van der Waals surface area contributed by atoms with Crippen molar-refractivity contribution < 1.29 is 4.79 Å². The number of carbonyl (C=O) groups excluding carboxylic acids is 1. The summed E-state index contributed by atoms with van der Waals surface area (Å²) in [4.78, 5) is 16.7. The van der Waals surface area contributed by atoms with Crippen LogP contribution in [0.2, 0.25) is 0 Å². The number of anilines is 3. The number of amides is 1. The van der Waals surface area contributed by atoms with Gasteiger partial charge < -0.3 is 10.6 Å². The largest absolute Gasteiger partial charge is 0.354 e. The molecule has 132 valence electrons. The van der Waals surface area contributed by atoms with E-state index in [4.69, 9.17) is 0 Å². The zero-order valence-electron chi connectivity index (χ0n) is 15.3. The Labute approximate surface area is 154 Å². The number of nitrogens with one attached hydrogen (secondary N) is 2. The van der Waals surface area contributed by atoms with Crippen molar-refractivity contribution in [2.75, 3.05) is 10.6 Å². The summed E-state index contributed by atoms with van der Waals surface area (Å²) in [5.41, 5.74) is 5.47. The van der Waals surface area contributed by atoms with Gasteiger partial charge in [-0.2, -0.15) is 0 Å². The Hall–Kier alpha value is -3.14.